The second-order valence-corrected chi connectivity index (χ2v) is 7.28. The fraction of sp³-hybridized carbons (Fsp3) is 0.312. The number of hydrogen-bond donors (Lipinski definition) is 1. The van der Waals surface area contributed by atoms with Crippen molar-refractivity contribution >= 4 is 22.8 Å². The minimum Gasteiger partial charge on any atom is -0.383 e. The van der Waals surface area contributed by atoms with Crippen LogP contribution in [0.15, 0.2) is 30.5 Å². The zero-order chi connectivity index (χ0) is 14.5. The summed E-state index contributed by atoms with van der Waals surface area (Å²) < 4.78 is 1.96. The van der Waals surface area contributed by atoms with Crippen LogP contribution in [-0.4, -0.2) is 9.38 Å². The third kappa shape index (κ3) is 2.10. The van der Waals surface area contributed by atoms with Crippen LogP contribution in [0, 0.1) is 6.92 Å². The maximum Gasteiger partial charge on any atom is 0.139 e. The number of fused-ring (bicyclic) bond motifs is 1. The molecular weight excluding hydrogens is 266 g/mol. The van der Waals surface area contributed by atoms with Crippen molar-refractivity contribution in [2.24, 2.45) is 0 Å². The molecule has 3 aromatic rings. The molecule has 0 fully saturated rings. The maximum atomic E-state index is 6.27. The summed E-state index contributed by atoms with van der Waals surface area (Å²) in [6.07, 6.45) is 2.03. The average Bonchev–Trinajstić information content (AvgIpc) is 2.95. The van der Waals surface area contributed by atoms with E-state index in [2.05, 4.69) is 50.9 Å². The van der Waals surface area contributed by atoms with E-state index in [4.69, 9.17) is 5.73 Å². The number of nitrogen functional groups attached to an aromatic ring is 1. The molecule has 0 radical (unpaired) electrons. The number of rotatable bonds is 1. The van der Waals surface area contributed by atoms with Gasteiger partial charge < -0.3 is 5.73 Å². The molecule has 2 N–H and O–H groups in total. The molecule has 3 heterocycles. The summed E-state index contributed by atoms with van der Waals surface area (Å²) in [5.41, 5.74) is 9.38. The molecule has 20 heavy (non-hydrogen) atoms. The van der Waals surface area contributed by atoms with Crippen molar-refractivity contribution < 1.29 is 0 Å². The Labute approximate surface area is 123 Å². The number of anilines is 1. The summed E-state index contributed by atoms with van der Waals surface area (Å²) in [6.45, 7) is 8.72. The van der Waals surface area contributed by atoms with Crippen molar-refractivity contribution in [1.82, 2.24) is 9.38 Å². The van der Waals surface area contributed by atoms with Gasteiger partial charge in [0, 0.05) is 11.1 Å². The fourth-order valence-corrected chi connectivity index (χ4v) is 3.28. The number of thiophene rings is 1. The van der Waals surface area contributed by atoms with E-state index in [1.165, 1.54) is 10.4 Å². The van der Waals surface area contributed by atoms with E-state index >= 15 is 0 Å². The van der Waals surface area contributed by atoms with Gasteiger partial charge in [0.05, 0.1) is 4.88 Å². The molecule has 0 bridgehead atoms. The Kier molecular flexibility index (Phi) is 2.87. The molecule has 0 unspecified atom stereocenters. The first-order valence-electron chi connectivity index (χ1n) is 6.71. The van der Waals surface area contributed by atoms with Crippen LogP contribution in [0.1, 0.15) is 31.2 Å². The van der Waals surface area contributed by atoms with E-state index < -0.39 is 0 Å². The Morgan fingerprint density at radius 2 is 1.90 bits per heavy atom. The van der Waals surface area contributed by atoms with Gasteiger partial charge in [0.15, 0.2) is 0 Å². The summed E-state index contributed by atoms with van der Waals surface area (Å²) in [6, 6.07) is 8.36. The summed E-state index contributed by atoms with van der Waals surface area (Å²) in [5.74, 6) is 0.714. The van der Waals surface area contributed by atoms with Crippen molar-refractivity contribution in [2.45, 2.75) is 33.1 Å². The highest BCUT2D eigenvalue weighted by molar-refractivity contribution is 7.15. The molecule has 0 aliphatic carbocycles. The van der Waals surface area contributed by atoms with Gasteiger partial charge in [0.25, 0.3) is 0 Å². The standard InChI is InChI=1S/C16H19N3S/c1-10-5-8-13-18-14(15(17)19(13)9-10)11-6-7-12(20-11)16(2,3)4/h5-9H,17H2,1-4H3. The minimum absolute atomic E-state index is 0.160. The number of pyridine rings is 1. The molecule has 0 aliphatic heterocycles. The Bertz CT molecular complexity index is 775. The van der Waals surface area contributed by atoms with Gasteiger partial charge in [-0.1, -0.05) is 26.8 Å². The molecule has 0 aromatic carbocycles. The third-order valence-electron chi connectivity index (χ3n) is 3.38. The lowest BCUT2D eigenvalue weighted by atomic mass is 9.95. The second kappa shape index (κ2) is 4.35. The van der Waals surface area contributed by atoms with Crippen LogP contribution in [0.25, 0.3) is 16.2 Å². The minimum atomic E-state index is 0.160. The van der Waals surface area contributed by atoms with Crippen molar-refractivity contribution in [3.05, 3.63) is 40.9 Å². The third-order valence-corrected chi connectivity index (χ3v) is 4.90. The van der Waals surface area contributed by atoms with Crippen LogP contribution < -0.4 is 5.73 Å². The molecule has 0 aliphatic rings. The van der Waals surface area contributed by atoms with Gasteiger partial charge in [-0.25, -0.2) is 4.98 Å². The number of imidazole rings is 1. The smallest absolute Gasteiger partial charge is 0.139 e. The number of hydrogen-bond acceptors (Lipinski definition) is 3. The van der Waals surface area contributed by atoms with Crippen LogP contribution in [-0.2, 0) is 5.41 Å². The molecule has 0 atom stereocenters. The largest absolute Gasteiger partial charge is 0.383 e. The van der Waals surface area contributed by atoms with E-state index in [1.807, 2.05) is 16.7 Å². The van der Waals surface area contributed by atoms with Crippen LogP contribution in [0.5, 0.6) is 0 Å². The van der Waals surface area contributed by atoms with Crippen LogP contribution in [0.2, 0.25) is 0 Å². The Morgan fingerprint density at radius 3 is 2.55 bits per heavy atom. The van der Waals surface area contributed by atoms with Crippen LogP contribution in [0.4, 0.5) is 5.82 Å². The van der Waals surface area contributed by atoms with E-state index in [1.54, 1.807) is 11.3 Å². The number of nitrogens with two attached hydrogens (primary N) is 1. The van der Waals surface area contributed by atoms with Crippen LogP contribution in [0.3, 0.4) is 0 Å². The quantitative estimate of drug-likeness (QED) is 0.726. The van der Waals surface area contributed by atoms with Gasteiger partial charge in [-0.15, -0.1) is 11.3 Å². The predicted molar refractivity (Wildman–Crippen MR) is 86.4 cm³/mol. The van der Waals surface area contributed by atoms with Crippen molar-refractivity contribution in [3.63, 3.8) is 0 Å². The number of nitrogens with zero attached hydrogens (tertiary/aromatic N) is 2. The molecule has 3 nitrogen and oxygen atoms in total. The molecule has 0 saturated heterocycles. The highest BCUT2D eigenvalue weighted by Crippen LogP contribution is 2.37. The van der Waals surface area contributed by atoms with Gasteiger partial charge in [0.1, 0.15) is 17.2 Å². The van der Waals surface area contributed by atoms with E-state index in [9.17, 15) is 0 Å². The lowest BCUT2D eigenvalue weighted by Crippen LogP contribution is -2.07. The van der Waals surface area contributed by atoms with Crippen molar-refractivity contribution in [1.29, 1.82) is 0 Å². The molecule has 104 valence electrons. The average molecular weight is 285 g/mol. The summed E-state index contributed by atoms with van der Waals surface area (Å²) in [4.78, 5) is 7.15. The van der Waals surface area contributed by atoms with Crippen molar-refractivity contribution in [3.8, 4) is 10.6 Å². The van der Waals surface area contributed by atoms with Gasteiger partial charge in [-0.05, 0) is 36.1 Å². The summed E-state index contributed by atoms with van der Waals surface area (Å²) in [5, 5.41) is 0. The van der Waals surface area contributed by atoms with Crippen molar-refractivity contribution in [2.75, 3.05) is 5.73 Å². The Hall–Kier alpha value is -1.81. The predicted octanol–water partition coefficient (Wildman–Crippen LogP) is 4.25. The maximum absolute atomic E-state index is 6.27. The molecule has 3 rings (SSSR count). The molecule has 0 spiro atoms. The SMILES string of the molecule is Cc1ccc2nc(-c3ccc(C(C)(C)C)s3)c(N)n2c1. The van der Waals surface area contributed by atoms with Gasteiger partial charge in [0.2, 0.25) is 0 Å². The lowest BCUT2D eigenvalue weighted by molar-refractivity contribution is 0.604. The highest BCUT2D eigenvalue weighted by Gasteiger charge is 2.19. The fourth-order valence-electron chi connectivity index (χ4n) is 2.22. The zero-order valence-electron chi connectivity index (χ0n) is 12.3. The first-order chi connectivity index (χ1) is 9.36. The number of aromatic nitrogens is 2. The topological polar surface area (TPSA) is 43.3 Å². The molecule has 0 saturated carbocycles. The Balaban J connectivity index is 2.15. The molecule has 4 heteroatoms. The van der Waals surface area contributed by atoms with Gasteiger partial charge >= 0.3 is 0 Å². The monoisotopic (exact) mass is 285 g/mol. The first-order valence-corrected chi connectivity index (χ1v) is 7.53. The second-order valence-electron chi connectivity index (χ2n) is 6.19. The summed E-state index contributed by atoms with van der Waals surface area (Å²) >= 11 is 1.77. The normalized spacial score (nSPS) is 12.2. The molecule has 0 amide bonds. The summed E-state index contributed by atoms with van der Waals surface area (Å²) in [7, 11) is 0. The number of aryl methyl sites for hydroxylation is 1. The van der Waals surface area contributed by atoms with Gasteiger partial charge in [-0.2, -0.15) is 0 Å². The first kappa shape index (κ1) is 13.2. The van der Waals surface area contributed by atoms with Crippen LogP contribution >= 0.6 is 11.3 Å². The van der Waals surface area contributed by atoms with E-state index in [0.717, 1.165) is 16.2 Å². The zero-order valence-corrected chi connectivity index (χ0v) is 13.1. The van der Waals surface area contributed by atoms with E-state index in [0.29, 0.717) is 5.82 Å². The highest BCUT2D eigenvalue weighted by atomic mass is 32.1. The Morgan fingerprint density at radius 1 is 1.15 bits per heavy atom. The molecular formula is C16H19N3S. The lowest BCUT2D eigenvalue weighted by Gasteiger charge is -2.15. The molecule has 3 aromatic heterocycles. The van der Waals surface area contributed by atoms with Gasteiger partial charge in [-0.3, -0.25) is 4.40 Å². The van der Waals surface area contributed by atoms with E-state index in [-0.39, 0.29) is 5.41 Å².